The minimum absolute atomic E-state index is 0.00811. The van der Waals surface area contributed by atoms with E-state index < -0.39 is 0 Å². The van der Waals surface area contributed by atoms with Gasteiger partial charge in [-0.1, -0.05) is 42.1 Å². The third kappa shape index (κ3) is 4.00. The van der Waals surface area contributed by atoms with Gasteiger partial charge < -0.3 is 10.1 Å². The molecule has 1 saturated heterocycles. The smallest absolute Gasteiger partial charge is 0.230 e. The summed E-state index contributed by atoms with van der Waals surface area (Å²) in [6.07, 6.45) is 7.11. The average Bonchev–Trinajstić information content (AvgIpc) is 3.60. The summed E-state index contributed by atoms with van der Waals surface area (Å²) in [6.45, 7) is 1.38. The van der Waals surface area contributed by atoms with Gasteiger partial charge in [0.05, 0.1) is 27.8 Å². The second kappa shape index (κ2) is 9.00. The van der Waals surface area contributed by atoms with Gasteiger partial charge in [0.2, 0.25) is 5.91 Å². The monoisotopic (exact) mass is 476 g/mol. The molecule has 1 aromatic carbocycles. The van der Waals surface area contributed by atoms with Gasteiger partial charge in [-0.2, -0.15) is 0 Å². The molecule has 2 aliphatic rings. The maximum Gasteiger partial charge on any atom is 0.230 e. The molecule has 0 spiro atoms. The van der Waals surface area contributed by atoms with Crippen LogP contribution in [0.4, 0.5) is 0 Å². The molecular weight excluding hydrogens is 452 g/mol. The molecule has 1 N–H and O–H groups in total. The van der Waals surface area contributed by atoms with Crippen molar-refractivity contribution in [3.05, 3.63) is 47.8 Å². The van der Waals surface area contributed by atoms with E-state index in [1.165, 1.54) is 33.8 Å². The minimum Gasteiger partial charge on any atom is -0.376 e. The van der Waals surface area contributed by atoms with Gasteiger partial charge in [0.25, 0.3) is 0 Å². The quantitative estimate of drug-likeness (QED) is 0.319. The molecule has 4 aromatic rings. The third-order valence-electron chi connectivity index (χ3n) is 6.38. The zero-order chi connectivity index (χ0) is 22.2. The van der Waals surface area contributed by atoms with Crippen LogP contribution in [0.2, 0.25) is 0 Å². The molecule has 1 aliphatic heterocycles. The average molecular weight is 477 g/mol. The van der Waals surface area contributed by atoms with Crippen LogP contribution in [-0.2, 0) is 22.4 Å². The van der Waals surface area contributed by atoms with Crippen LogP contribution in [0.25, 0.3) is 31.7 Å². The number of aromatic nitrogens is 3. The van der Waals surface area contributed by atoms with E-state index in [2.05, 4.69) is 39.6 Å². The molecule has 0 radical (unpaired) electrons. The molecule has 1 fully saturated rings. The molecule has 0 bridgehead atoms. The Morgan fingerprint density at radius 2 is 2.03 bits per heavy atom. The fourth-order valence-corrected chi connectivity index (χ4v) is 6.90. The van der Waals surface area contributed by atoms with Crippen molar-refractivity contribution in [2.45, 2.75) is 43.2 Å². The summed E-state index contributed by atoms with van der Waals surface area (Å²) in [5.74, 6) is 0.335. The van der Waals surface area contributed by atoms with E-state index in [1.807, 2.05) is 6.07 Å². The van der Waals surface area contributed by atoms with Gasteiger partial charge in [0.15, 0.2) is 0 Å². The van der Waals surface area contributed by atoms with Crippen LogP contribution in [0, 0.1) is 0 Å². The first-order valence-electron chi connectivity index (χ1n) is 11.4. The number of rotatable bonds is 6. The number of pyridine rings is 1. The summed E-state index contributed by atoms with van der Waals surface area (Å²) in [5, 5.41) is 5.02. The summed E-state index contributed by atoms with van der Waals surface area (Å²) in [4.78, 5) is 27.7. The Balaban J connectivity index is 1.32. The number of aryl methyl sites for hydroxylation is 1. The van der Waals surface area contributed by atoms with Crippen LogP contribution in [0.1, 0.15) is 30.4 Å². The van der Waals surface area contributed by atoms with Crippen molar-refractivity contribution in [2.24, 2.45) is 0 Å². The number of amides is 1. The zero-order valence-electron chi connectivity index (χ0n) is 18.2. The van der Waals surface area contributed by atoms with Crippen LogP contribution in [0.15, 0.2) is 41.7 Å². The van der Waals surface area contributed by atoms with Crippen LogP contribution in [0.5, 0.6) is 0 Å². The lowest BCUT2D eigenvalue weighted by atomic mass is 10.0. The van der Waals surface area contributed by atoms with E-state index in [0.717, 1.165) is 64.5 Å². The minimum atomic E-state index is 0.00811. The number of fused-ring (bicyclic) bond motifs is 5. The third-order valence-corrected chi connectivity index (χ3v) is 8.58. The van der Waals surface area contributed by atoms with Crippen molar-refractivity contribution in [2.75, 3.05) is 18.9 Å². The van der Waals surface area contributed by atoms with Gasteiger partial charge in [-0.05, 0) is 43.2 Å². The molecule has 1 unspecified atom stereocenters. The largest absolute Gasteiger partial charge is 0.376 e. The van der Waals surface area contributed by atoms with Crippen LogP contribution < -0.4 is 5.32 Å². The molecule has 6 rings (SSSR count). The molecule has 3 aromatic heterocycles. The lowest BCUT2D eigenvalue weighted by Crippen LogP contribution is -2.32. The zero-order valence-corrected chi connectivity index (χ0v) is 19.8. The van der Waals surface area contributed by atoms with E-state index in [4.69, 9.17) is 9.72 Å². The van der Waals surface area contributed by atoms with Crippen LogP contribution in [-0.4, -0.2) is 45.9 Å². The predicted octanol–water partition coefficient (Wildman–Crippen LogP) is 4.78. The Morgan fingerprint density at radius 1 is 1.15 bits per heavy atom. The summed E-state index contributed by atoms with van der Waals surface area (Å²) < 4.78 is 6.61. The highest BCUT2D eigenvalue weighted by atomic mass is 32.2. The van der Waals surface area contributed by atoms with Crippen LogP contribution >= 0.6 is 23.1 Å². The predicted molar refractivity (Wildman–Crippen MR) is 133 cm³/mol. The molecule has 4 heterocycles. The fraction of sp³-hybridized carbons (Fsp3) is 0.360. The SMILES string of the molecule is O=C(CSc1ncnc2c1sc1nc(-c3ccccc3)c3c(c12)CCC3)NCC1CCCO1. The molecule has 33 heavy (non-hydrogen) atoms. The maximum absolute atomic E-state index is 12.4. The highest BCUT2D eigenvalue weighted by molar-refractivity contribution is 8.00. The lowest BCUT2D eigenvalue weighted by molar-refractivity contribution is -0.119. The van der Waals surface area contributed by atoms with Crippen molar-refractivity contribution >= 4 is 49.4 Å². The summed E-state index contributed by atoms with van der Waals surface area (Å²) in [6, 6.07) is 10.4. The number of carbonyl (C=O) groups is 1. The Hall–Kier alpha value is -2.55. The summed E-state index contributed by atoms with van der Waals surface area (Å²) in [5.41, 5.74) is 5.97. The maximum atomic E-state index is 12.4. The molecule has 1 atom stereocenters. The number of nitrogens with one attached hydrogen (secondary N) is 1. The van der Waals surface area contributed by atoms with Gasteiger partial charge in [-0.15, -0.1) is 11.3 Å². The van der Waals surface area contributed by atoms with Crippen molar-refractivity contribution in [3.63, 3.8) is 0 Å². The molecule has 168 valence electrons. The van der Waals surface area contributed by atoms with E-state index in [1.54, 1.807) is 17.7 Å². The number of benzene rings is 1. The normalized spacial score (nSPS) is 17.6. The first-order valence-corrected chi connectivity index (χ1v) is 13.2. The van der Waals surface area contributed by atoms with Gasteiger partial charge >= 0.3 is 0 Å². The number of nitrogens with zero attached hydrogens (tertiary/aromatic N) is 3. The topological polar surface area (TPSA) is 77.0 Å². The first kappa shape index (κ1) is 21.0. The molecule has 0 saturated carbocycles. The van der Waals surface area contributed by atoms with Crippen molar-refractivity contribution in [1.29, 1.82) is 0 Å². The molecule has 6 nitrogen and oxygen atoms in total. The molecular formula is C25H24N4O2S2. The number of thioether (sulfide) groups is 1. The van der Waals surface area contributed by atoms with Crippen molar-refractivity contribution < 1.29 is 9.53 Å². The Labute approximate surface area is 200 Å². The van der Waals surface area contributed by atoms with Gasteiger partial charge in [-0.25, -0.2) is 15.0 Å². The fourth-order valence-electron chi connectivity index (χ4n) is 4.83. The number of ether oxygens (including phenoxy) is 1. The Bertz CT molecular complexity index is 1330. The number of hydrogen-bond donors (Lipinski definition) is 1. The molecule has 8 heteroatoms. The van der Waals surface area contributed by atoms with E-state index in [0.29, 0.717) is 12.3 Å². The lowest BCUT2D eigenvalue weighted by Gasteiger charge is -2.10. The second-order valence-electron chi connectivity index (χ2n) is 8.50. The first-order chi connectivity index (χ1) is 16.3. The highest BCUT2D eigenvalue weighted by Gasteiger charge is 2.25. The van der Waals surface area contributed by atoms with E-state index >= 15 is 0 Å². The number of carbonyl (C=O) groups excluding carboxylic acids is 1. The Kier molecular flexibility index (Phi) is 5.73. The van der Waals surface area contributed by atoms with Gasteiger partial charge in [0.1, 0.15) is 16.2 Å². The number of hydrogen-bond acceptors (Lipinski definition) is 7. The van der Waals surface area contributed by atoms with Gasteiger partial charge in [-0.3, -0.25) is 4.79 Å². The van der Waals surface area contributed by atoms with Crippen LogP contribution in [0.3, 0.4) is 0 Å². The van der Waals surface area contributed by atoms with Gasteiger partial charge in [0, 0.05) is 24.1 Å². The second-order valence-corrected chi connectivity index (χ2v) is 10.5. The van der Waals surface area contributed by atoms with Crippen molar-refractivity contribution in [1.82, 2.24) is 20.3 Å². The summed E-state index contributed by atoms with van der Waals surface area (Å²) in [7, 11) is 0. The van der Waals surface area contributed by atoms with E-state index in [-0.39, 0.29) is 12.0 Å². The number of thiophene rings is 1. The molecule has 1 amide bonds. The standard InChI is InChI=1S/C25H24N4O2S2/c30-19(26-12-16-8-5-11-31-16)13-32-25-23-22(27-14-28-25)20-17-9-4-10-18(17)21(29-24(20)33-23)15-6-2-1-3-7-15/h1-3,6-7,14,16H,4-5,8-13H2,(H,26,30). The highest BCUT2D eigenvalue weighted by Crippen LogP contribution is 2.43. The summed E-state index contributed by atoms with van der Waals surface area (Å²) >= 11 is 3.11. The van der Waals surface area contributed by atoms with Crippen molar-refractivity contribution in [3.8, 4) is 11.3 Å². The van der Waals surface area contributed by atoms with E-state index in [9.17, 15) is 4.79 Å². The Morgan fingerprint density at radius 3 is 2.88 bits per heavy atom. The molecule has 1 aliphatic carbocycles.